The molecule has 0 aromatic carbocycles. The van der Waals surface area contributed by atoms with E-state index in [4.69, 9.17) is 4.98 Å². The van der Waals surface area contributed by atoms with E-state index < -0.39 is 0 Å². The van der Waals surface area contributed by atoms with Gasteiger partial charge in [0.05, 0.1) is 45.0 Å². The molecule has 30 heavy (non-hydrogen) atoms. The molecule has 0 spiro atoms. The molecule has 4 aromatic heterocycles. The lowest BCUT2D eigenvalue weighted by molar-refractivity contribution is 0.0785. The fraction of sp³-hybridized carbons (Fsp3) is 0.364. The van der Waals surface area contributed by atoms with Crippen molar-refractivity contribution in [2.24, 2.45) is 0 Å². The summed E-state index contributed by atoms with van der Waals surface area (Å²) < 4.78 is 1.88. The van der Waals surface area contributed by atoms with Crippen LogP contribution < -0.4 is 0 Å². The van der Waals surface area contributed by atoms with Crippen LogP contribution in [0.3, 0.4) is 0 Å². The van der Waals surface area contributed by atoms with E-state index in [0.717, 1.165) is 38.7 Å². The Hall–Kier alpha value is -2.58. The van der Waals surface area contributed by atoms with Crippen LogP contribution in [0.1, 0.15) is 52.7 Å². The third-order valence-corrected chi connectivity index (χ3v) is 6.99. The van der Waals surface area contributed by atoms with Crippen molar-refractivity contribution in [3.8, 4) is 10.6 Å². The molecule has 0 fully saturated rings. The Morgan fingerprint density at radius 1 is 1.27 bits per heavy atom. The first-order valence-corrected chi connectivity index (χ1v) is 11.7. The lowest BCUT2D eigenvalue weighted by atomic mass is 10.1. The van der Waals surface area contributed by atoms with E-state index in [1.807, 2.05) is 23.2 Å². The summed E-state index contributed by atoms with van der Waals surface area (Å²) in [5.74, 6) is -0.0497. The Morgan fingerprint density at radius 2 is 2.07 bits per heavy atom. The normalized spacial score (nSPS) is 11.5. The van der Waals surface area contributed by atoms with Gasteiger partial charge in [0.15, 0.2) is 5.65 Å². The van der Waals surface area contributed by atoms with Crippen molar-refractivity contribution in [2.45, 2.75) is 46.7 Å². The first kappa shape index (κ1) is 20.7. The minimum Gasteiger partial charge on any atom is -0.336 e. The first-order chi connectivity index (χ1) is 14.4. The van der Waals surface area contributed by atoms with E-state index >= 15 is 0 Å². The van der Waals surface area contributed by atoms with Gasteiger partial charge in [-0.3, -0.25) is 4.79 Å². The molecular weight excluding hydrogens is 414 g/mol. The largest absolute Gasteiger partial charge is 0.336 e. The molecule has 0 aliphatic carbocycles. The molecule has 1 amide bonds. The monoisotopic (exact) mass is 439 g/mol. The van der Waals surface area contributed by atoms with Crippen LogP contribution in [0.2, 0.25) is 0 Å². The Balaban J connectivity index is 1.76. The second-order valence-electron chi connectivity index (χ2n) is 7.63. The maximum atomic E-state index is 13.4. The van der Waals surface area contributed by atoms with Crippen LogP contribution in [0.15, 0.2) is 29.8 Å². The Kier molecular flexibility index (Phi) is 5.71. The van der Waals surface area contributed by atoms with Crippen molar-refractivity contribution < 1.29 is 4.79 Å². The van der Waals surface area contributed by atoms with Crippen LogP contribution in [-0.4, -0.2) is 37.6 Å². The van der Waals surface area contributed by atoms with Gasteiger partial charge in [-0.1, -0.05) is 6.92 Å². The van der Waals surface area contributed by atoms with Gasteiger partial charge < -0.3 is 4.90 Å². The molecule has 6 nitrogen and oxygen atoms in total. The number of pyridine rings is 1. The highest BCUT2D eigenvalue weighted by atomic mass is 32.1. The number of hydrogen-bond acceptors (Lipinski definition) is 6. The summed E-state index contributed by atoms with van der Waals surface area (Å²) in [5, 5.41) is 8.41. The molecule has 0 atom stereocenters. The maximum absolute atomic E-state index is 13.4. The lowest BCUT2D eigenvalue weighted by Gasteiger charge is -2.17. The molecule has 0 N–H and O–H groups in total. The van der Waals surface area contributed by atoms with E-state index in [9.17, 15) is 4.79 Å². The van der Waals surface area contributed by atoms with E-state index in [1.165, 1.54) is 4.88 Å². The second kappa shape index (κ2) is 8.28. The smallest absolute Gasteiger partial charge is 0.254 e. The molecule has 156 valence electrons. The van der Waals surface area contributed by atoms with Gasteiger partial charge in [-0.25, -0.2) is 14.6 Å². The highest BCUT2D eigenvalue weighted by Gasteiger charge is 2.22. The number of aromatic nitrogens is 4. The lowest BCUT2D eigenvalue weighted by Crippen LogP contribution is -2.26. The molecule has 0 saturated heterocycles. The number of amides is 1. The maximum Gasteiger partial charge on any atom is 0.254 e. The van der Waals surface area contributed by atoms with E-state index in [-0.39, 0.29) is 11.9 Å². The van der Waals surface area contributed by atoms with Gasteiger partial charge in [0, 0.05) is 23.3 Å². The molecule has 0 saturated carbocycles. The SMILES string of the molecule is CCc1nc(CN(C)C(=O)c2cc(-c3ccc(C)s3)nc3c2cnn3C(C)C)cs1. The topological polar surface area (TPSA) is 63.9 Å². The van der Waals surface area contributed by atoms with Crippen LogP contribution >= 0.6 is 22.7 Å². The van der Waals surface area contributed by atoms with Crippen LogP contribution in [0.25, 0.3) is 21.6 Å². The number of nitrogens with zero attached hydrogens (tertiary/aromatic N) is 5. The van der Waals surface area contributed by atoms with Crippen molar-refractivity contribution >= 4 is 39.6 Å². The van der Waals surface area contributed by atoms with Gasteiger partial charge in [-0.05, 0) is 45.4 Å². The highest BCUT2D eigenvalue weighted by Crippen LogP contribution is 2.31. The van der Waals surface area contributed by atoms with Crippen molar-refractivity contribution in [3.05, 3.63) is 50.9 Å². The Morgan fingerprint density at radius 3 is 2.70 bits per heavy atom. The molecule has 0 unspecified atom stereocenters. The van der Waals surface area contributed by atoms with Crippen molar-refractivity contribution in [1.29, 1.82) is 0 Å². The van der Waals surface area contributed by atoms with E-state index in [0.29, 0.717) is 12.1 Å². The summed E-state index contributed by atoms with van der Waals surface area (Å²) in [4.78, 5) is 26.9. The van der Waals surface area contributed by atoms with Crippen LogP contribution in [0, 0.1) is 6.92 Å². The minimum atomic E-state index is -0.0497. The van der Waals surface area contributed by atoms with Crippen LogP contribution in [0.4, 0.5) is 0 Å². The van der Waals surface area contributed by atoms with Gasteiger partial charge in [0.2, 0.25) is 0 Å². The summed E-state index contributed by atoms with van der Waals surface area (Å²) >= 11 is 3.32. The molecule has 8 heteroatoms. The molecular formula is C22H25N5OS2. The third kappa shape index (κ3) is 3.89. The van der Waals surface area contributed by atoms with Crippen molar-refractivity contribution in [2.75, 3.05) is 7.05 Å². The summed E-state index contributed by atoms with van der Waals surface area (Å²) in [5.41, 5.74) is 3.10. The van der Waals surface area contributed by atoms with Crippen molar-refractivity contribution in [1.82, 2.24) is 24.6 Å². The van der Waals surface area contributed by atoms with Gasteiger partial charge in [0.1, 0.15) is 0 Å². The zero-order chi connectivity index (χ0) is 21.4. The fourth-order valence-electron chi connectivity index (χ4n) is 3.38. The quantitative estimate of drug-likeness (QED) is 0.407. The van der Waals surface area contributed by atoms with E-state index in [1.54, 1.807) is 33.8 Å². The van der Waals surface area contributed by atoms with Gasteiger partial charge in [-0.2, -0.15) is 5.10 Å². The summed E-state index contributed by atoms with van der Waals surface area (Å²) in [7, 11) is 1.82. The molecule has 0 bridgehead atoms. The zero-order valence-electron chi connectivity index (χ0n) is 17.8. The van der Waals surface area contributed by atoms with E-state index in [2.05, 4.69) is 49.9 Å². The molecule has 0 aliphatic heterocycles. The summed E-state index contributed by atoms with van der Waals surface area (Å²) in [6.07, 6.45) is 2.66. The third-order valence-electron chi connectivity index (χ3n) is 4.93. The molecule has 4 rings (SSSR count). The minimum absolute atomic E-state index is 0.0497. The number of aryl methyl sites for hydroxylation is 2. The number of rotatable bonds is 6. The average molecular weight is 440 g/mol. The number of carbonyl (C=O) groups excluding carboxylic acids is 1. The molecule has 0 radical (unpaired) electrons. The van der Waals surface area contributed by atoms with Gasteiger partial charge in [-0.15, -0.1) is 22.7 Å². The number of thiazole rings is 1. The number of thiophene rings is 1. The Bertz CT molecular complexity index is 1200. The van der Waals surface area contributed by atoms with Crippen LogP contribution in [-0.2, 0) is 13.0 Å². The number of carbonyl (C=O) groups is 1. The van der Waals surface area contributed by atoms with Crippen molar-refractivity contribution in [3.63, 3.8) is 0 Å². The molecule has 4 aromatic rings. The van der Waals surface area contributed by atoms with Gasteiger partial charge in [0.25, 0.3) is 5.91 Å². The van der Waals surface area contributed by atoms with Gasteiger partial charge >= 0.3 is 0 Å². The first-order valence-electron chi connectivity index (χ1n) is 10.0. The molecule has 4 heterocycles. The number of hydrogen-bond donors (Lipinski definition) is 0. The predicted octanol–water partition coefficient (Wildman–Crippen LogP) is 5.34. The summed E-state index contributed by atoms with van der Waals surface area (Å²) in [6.45, 7) is 8.77. The predicted molar refractivity (Wildman–Crippen MR) is 123 cm³/mol. The van der Waals surface area contributed by atoms with Crippen LogP contribution in [0.5, 0.6) is 0 Å². The Labute approximate surface area is 184 Å². The molecule has 0 aliphatic rings. The number of fused-ring (bicyclic) bond motifs is 1. The summed E-state index contributed by atoms with van der Waals surface area (Å²) in [6, 6.07) is 6.19. The standard InChI is InChI=1S/C22H25N5OS2/c1-6-20-24-15(12-29-20)11-26(5)22(28)16-9-18(19-8-7-14(4)30-19)25-21-17(16)10-23-27(21)13(2)3/h7-10,12-13H,6,11H2,1-5H3. The fourth-order valence-corrected chi connectivity index (χ4v) is 4.94. The average Bonchev–Trinajstić information content (AvgIpc) is 3.45. The second-order valence-corrected chi connectivity index (χ2v) is 9.86. The zero-order valence-corrected chi connectivity index (χ0v) is 19.5. The highest BCUT2D eigenvalue weighted by molar-refractivity contribution is 7.15.